The van der Waals surface area contributed by atoms with Gasteiger partial charge in [0.2, 0.25) is 0 Å². The fourth-order valence-electron chi connectivity index (χ4n) is 1.98. The molecule has 4 heteroatoms. The molecule has 0 spiro atoms. The van der Waals surface area contributed by atoms with Crippen LogP contribution < -0.4 is 5.32 Å². The third-order valence-electron chi connectivity index (χ3n) is 2.93. The Morgan fingerprint density at radius 3 is 2.29 bits per heavy atom. The predicted octanol–water partition coefficient (Wildman–Crippen LogP) is 2.80. The van der Waals surface area contributed by atoms with E-state index in [1.165, 1.54) is 7.11 Å². The molecule has 0 heterocycles. The van der Waals surface area contributed by atoms with Crippen molar-refractivity contribution in [1.29, 1.82) is 0 Å². The molecular weight excluding hydrogens is 238 g/mol. The van der Waals surface area contributed by atoms with Crippen molar-refractivity contribution in [3.8, 4) is 0 Å². The molecule has 1 unspecified atom stereocenters. The van der Waals surface area contributed by atoms with Crippen LogP contribution in [0.15, 0.2) is 24.3 Å². The van der Waals surface area contributed by atoms with E-state index in [-0.39, 0.29) is 12.0 Å². The number of hydrogen-bond acceptors (Lipinski definition) is 3. The summed E-state index contributed by atoms with van der Waals surface area (Å²) in [6.45, 7) is 3.71. The first-order chi connectivity index (χ1) is 7.93. The van der Waals surface area contributed by atoms with Gasteiger partial charge in [-0.25, -0.2) is 0 Å². The van der Waals surface area contributed by atoms with Crippen molar-refractivity contribution in [2.24, 2.45) is 5.41 Å². The molecule has 0 aromatic heterocycles. The molecule has 0 saturated heterocycles. The predicted molar refractivity (Wildman–Crippen MR) is 69.0 cm³/mol. The van der Waals surface area contributed by atoms with Gasteiger partial charge in [-0.05, 0) is 38.6 Å². The molecule has 94 valence electrons. The summed E-state index contributed by atoms with van der Waals surface area (Å²) in [4.78, 5) is 11.8. The summed E-state index contributed by atoms with van der Waals surface area (Å²) in [7, 11) is 3.22. The van der Waals surface area contributed by atoms with Crippen LogP contribution in [0.1, 0.15) is 25.5 Å². The Kier molecular flexibility index (Phi) is 4.54. The molecular formula is C13H18ClNO2. The average Bonchev–Trinajstić information content (AvgIpc) is 2.31. The van der Waals surface area contributed by atoms with Crippen molar-refractivity contribution >= 4 is 17.6 Å². The molecule has 0 aliphatic heterocycles. The number of hydrogen-bond donors (Lipinski definition) is 1. The quantitative estimate of drug-likeness (QED) is 0.841. The van der Waals surface area contributed by atoms with Crippen LogP contribution >= 0.6 is 11.6 Å². The van der Waals surface area contributed by atoms with Gasteiger partial charge in [0.05, 0.1) is 12.5 Å². The molecule has 1 aromatic carbocycles. The van der Waals surface area contributed by atoms with Gasteiger partial charge in [-0.3, -0.25) is 4.79 Å². The van der Waals surface area contributed by atoms with Crippen LogP contribution in [0.3, 0.4) is 0 Å². The minimum absolute atomic E-state index is 0.118. The number of methoxy groups -OCH3 is 1. The number of nitrogens with one attached hydrogen (secondary N) is 1. The summed E-state index contributed by atoms with van der Waals surface area (Å²) in [5, 5.41) is 3.83. The van der Waals surface area contributed by atoms with Crippen LogP contribution in [-0.4, -0.2) is 20.1 Å². The molecule has 0 aliphatic rings. The first kappa shape index (κ1) is 14.0. The monoisotopic (exact) mass is 255 g/mol. The van der Waals surface area contributed by atoms with E-state index in [1.807, 2.05) is 45.2 Å². The Morgan fingerprint density at radius 2 is 1.88 bits per heavy atom. The second kappa shape index (κ2) is 5.52. The average molecular weight is 256 g/mol. The maximum Gasteiger partial charge on any atom is 0.313 e. The number of halogens is 1. The number of benzene rings is 1. The van der Waals surface area contributed by atoms with Gasteiger partial charge >= 0.3 is 5.97 Å². The molecule has 17 heavy (non-hydrogen) atoms. The smallest absolute Gasteiger partial charge is 0.313 e. The molecule has 3 nitrogen and oxygen atoms in total. The maximum atomic E-state index is 11.8. The summed E-state index contributed by atoms with van der Waals surface area (Å²) in [5.74, 6) is -0.244. The standard InChI is InChI=1S/C13H18ClNO2/c1-13(2,12(16)17-4)11(15-3)9-5-7-10(14)8-6-9/h5-8,11,15H,1-4H3. The van der Waals surface area contributed by atoms with Gasteiger partial charge in [0.1, 0.15) is 0 Å². The summed E-state index contributed by atoms with van der Waals surface area (Å²) >= 11 is 5.85. The number of esters is 1. The van der Waals surface area contributed by atoms with Crippen molar-refractivity contribution in [3.05, 3.63) is 34.9 Å². The Morgan fingerprint density at radius 1 is 1.35 bits per heavy atom. The molecule has 0 fully saturated rings. The topological polar surface area (TPSA) is 38.3 Å². The lowest BCUT2D eigenvalue weighted by Gasteiger charge is -2.31. The SMILES string of the molecule is CNC(c1ccc(Cl)cc1)C(C)(C)C(=O)OC. The van der Waals surface area contributed by atoms with Crippen molar-refractivity contribution in [1.82, 2.24) is 5.32 Å². The number of rotatable bonds is 4. The van der Waals surface area contributed by atoms with Crippen LogP contribution in [0.25, 0.3) is 0 Å². The number of carbonyl (C=O) groups is 1. The van der Waals surface area contributed by atoms with E-state index >= 15 is 0 Å². The van der Waals surface area contributed by atoms with Crippen molar-refractivity contribution in [2.75, 3.05) is 14.2 Å². The van der Waals surface area contributed by atoms with Gasteiger partial charge < -0.3 is 10.1 Å². The second-order valence-corrected chi connectivity index (χ2v) is 4.92. The third kappa shape index (κ3) is 2.99. The fraction of sp³-hybridized carbons (Fsp3) is 0.462. The maximum absolute atomic E-state index is 11.8. The normalized spacial score (nSPS) is 13.2. The van der Waals surface area contributed by atoms with Gasteiger partial charge in [0, 0.05) is 11.1 Å². The molecule has 0 aliphatic carbocycles. The molecule has 1 aromatic rings. The van der Waals surface area contributed by atoms with E-state index in [9.17, 15) is 4.79 Å². The highest BCUT2D eigenvalue weighted by molar-refractivity contribution is 6.30. The minimum Gasteiger partial charge on any atom is -0.469 e. The van der Waals surface area contributed by atoms with E-state index in [2.05, 4.69) is 5.32 Å². The van der Waals surface area contributed by atoms with Gasteiger partial charge in [-0.2, -0.15) is 0 Å². The molecule has 1 N–H and O–H groups in total. The Labute approximate surface area is 107 Å². The highest BCUT2D eigenvalue weighted by atomic mass is 35.5. The first-order valence-electron chi connectivity index (χ1n) is 5.44. The van der Waals surface area contributed by atoms with Crippen LogP contribution in [0.5, 0.6) is 0 Å². The van der Waals surface area contributed by atoms with Crippen molar-refractivity contribution in [3.63, 3.8) is 0 Å². The fourth-order valence-corrected chi connectivity index (χ4v) is 2.11. The zero-order valence-corrected chi connectivity index (χ0v) is 11.3. The zero-order valence-electron chi connectivity index (χ0n) is 10.6. The van der Waals surface area contributed by atoms with Crippen LogP contribution in [0, 0.1) is 5.41 Å². The van der Waals surface area contributed by atoms with Crippen molar-refractivity contribution in [2.45, 2.75) is 19.9 Å². The minimum atomic E-state index is -0.642. The van der Waals surface area contributed by atoms with Gasteiger partial charge in [0.15, 0.2) is 0 Å². The Hall–Kier alpha value is -1.06. The summed E-state index contributed by atoms with van der Waals surface area (Å²) in [6.07, 6.45) is 0. The van der Waals surface area contributed by atoms with Gasteiger partial charge in [-0.15, -0.1) is 0 Å². The van der Waals surface area contributed by atoms with Crippen molar-refractivity contribution < 1.29 is 9.53 Å². The molecule has 0 bridgehead atoms. The Balaban J connectivity index is 3.06. The molecule has 1 atom stereocenters. The van der Waals surface area contributed by atoms with Crippen LogP contribution in [-0.2, 0) is 9.53 Å². The Bertz CT molecular complexity index is 387. The zero-order chi connectivity index (χ0) is 13.1. The van der Waals surface area contributed by atoms with E-state index in [1.54, 1.807) is 0 Å². The molecule has 0 radical (unpaired) electrons. The van der Waals surface area contributed by atoms with Crippen LogP contribution in [0.4, 0.5) is 0 Å². The molecule has 1 rings (SSSR count). The summed E-state index contributed by atoms with van der Waals surface area (Å²) < 4.78 is 4.84. The van der Waals surface area contributed by atoms with Gasteiger partial charge in [0.25, 0.3) is 0 Å². The summed E-state index contributed by atoms with van der Waals surface area (Å²) in [5.41, 5.74) is 0.365. The molecule has 0 amide bonds. The lowest BCUT2D eigenvalue weighted by molar-refractivity contribution is -0.152. The largest absolute Gasteiger partial charge is 0.469 e. The first-order valence-corrected chi connectivity index (χ1v) is 5.82. The highest BCUT2D eigenvalue weighted by Crippen LogP contribution is 2.34. The highest BCUT2D eigenvalue weighted by Gasteiger charge is 2.37. The lowest BCUT2D eigenvalue weighted by atomic mass is 9.80. The van der Waals surface area contributed by atoms with Gasteiger partial charge in [-0.1, -0.05) is 23.7 Å². The molecule has 0 saturated carbocycles. The lowest BCUT2D eigenvalue weighted by Crippen LogP contribution is -2.39. The van der Waals surface area contributed by atoms with E-state index in [0.717, 1.165) is 5.56 Å². The summed E-state index contributed by atoms with van der Waals surface area (Å²) in [6, 6.07) is 7.33. The number of carbonyl (C=O) groups excluding carboxylic acids is 1. The van der Waals surface area contributed by atoms with E-state index < -0.39 is 5.41 Å². The van der Waals surface area contributed by atoms with E-state index in [0.29, 0.717) is 5.02 Å². The second-order valence-electron chi connectivity index (χ2n) is 4.49. The van der Waals surface area contributed by atoms with E-state index in [4.69, 9.17) is 16.3 Å². The van der Waals surface area contributed by atoms with Crippen LogP contribution in [0.2, 0.25) is 5.02 Å². The number of ether oxygens (including phenoxy) is 1. The third-order valence-corrected chi connectivity index (χ3v) is 3.18.